The fourth-order valence-electron chi connectivity index (χ4n) is 3.07. The lowest BCUT2D eigenvalue weighted by Crippen LogP contribution is -2.15. The highest BCUT2D eigenvalue weighted by atomic mass is 35.5. The predicted octanol–water partition coefficient (Wildman–Crippen LogP) is 4.39. The summed E-state index contributed by atoms with van der Waals surface area (Å²) < 4.78 is 0. The van der Waals surface area contributed by atoms with Gasteiger partial charge in [-0.05, 0) is 49.9 Å². The van der Waals surface area contributed by atoms with E-state index in [0.717, 1.165) is 46.3 Å². The van der Waals surface area contributed by atoms with Gasteiger partial charge in [-0.1, -0.05) is 11.6 Å². The lowest BCUT2D eigenvalue weighted by molar-refractivity contribution is 0.102. The molecule has 6 heteroatoms. The molecule has 23 heavy (non-hydrogen) atoms. The van der Waals surface area contributed by atoms with Crippen molar-refractivity contribution in [3.05, 3.63) is 51.1 Å². The van der Waals surface area contributed by atoms with Crippen LogP contribution in [0.1, 0.15) is 32.9 Å². The standard InChI is InChI=1S/C17H14ClN3OS/c1-9-8-19-17(23-9)21-16(22)15-11-3-2-4-13(11)20-14-6-5-10(18)7-12(14)15/h5-8H,2-4H2,1H3,(H,19,21,22). The molecule has 0 saturated heterocycles. The molecule has 2 heterocycles. The third-order valence-electron chi connectivity index (χ3n) is 4.04. The van der Waals surface area contributed by atoms with E-state index in [4.69, 9.17) is 16.6 Å². The van der Waals surface area contributed by atoms with Gasteiger partial charge in [-0.2, -0.15) is 0 Å². The summed E-state index contributed by atoms with van der Waals surface area (Å²) in [6.45, 7) is 1.96. The highest BCUT2D eigenvalue weighted by molar-refractivity contribution is 7.15. The molecule has 0 radical (unpaired) electrons. The average Bonchev–Trinajstić information content (AvgIpc) is 3.13. The van der Waals surface area contributed by atoms with Crippen LogP contribution in [0.25, 0.3) is 10.9 Å². The van der Waals surface area contributed by atoms with Crippen molar-refractivity contribution in [3.63, 3.8) is 0 Å². The maximum atomic E-state index is 12.9. The van der Waals surface area contributed by atoms with Crippen molar-refractivity contribution in [2.75, 3.05) is 5.32 Å². The number of carbonyl (C=O) groups excluding carboxylic acids is 1. The Balaban J connectivity index is 1.87. The normalized spacial score (nSPS) is 13.3. The van der Waals surface area contributed by atoms with Crippen LogP contribution >= 0.6 is 22.9 Å². The maximum absolute atomic E-state index is 12.9. The summed E-state index contributed by atoms with van der Waals surface area (Å²) in [5.41, 5.74) is 3.58. The van der Waals surface area contributed by atoms with Gasteiger partial charge < -0.3 is 0 Å². The minimum Gasteiger partial charge on any atom is -0.298 e. The quantitative estimate of drug-likeness (QED) is 0.750. The number of thiazole rings is 1. The van der Waals surface area contributed by atoms with Crippen LogP contribution in [-0.2, 0) is 12.8 Å². The minimum atomic E-state index is -0.132. The van der Waals surface area contributed by atoms with Gasteiger partial charge in [0.25, 0.3) is 5.91 Å². The molecule has 0 spiro atoms. The van der Waals surface area contributed by atoms with E-state index >= 15 is 0 Å². The summed E-state index contributed by atoms with van der Waals surface area (Å²) in [6.07, 6.45) is 4.59. The number of aromatic nitrogens is 2. The van der Waals surface area contributed by atoms with E-state index < -0.39 is 0 Å². The smallest absolute Gasteiger partial charge is 0.258 e. The molecule has 4 rings (SSSR count). The first-order valence-corrected chi connectivity index (χ1v) is 8.66. The summed E-state index contributed by atoms with van der Waals surface area (Å²) in [5, 5.41) is 4.95. The number of pyridine rings is 1. The van der Waals surface area contributed by atoms with E-state index in [1.807, 2.05) is 25.1 Å². The summed E-state index contributed by atoms with van der Waals surface area (Å²) in [6, 6.07) is 5.51. The first-order valence-electron chi connectivity index (χ1n) is 7.46. The van der Waals surface area contributed by atoms with Gasteiger partial charge in [0.15, 0.2) is 5.13 Å². The molecular weight excluding hydrogens is 330 g/mol. The third kappa shape index (κ3) is 2.60. The SMILES string of the molecule is Cc1cnc(NC(=O)c2c3c(nc4ccc(Cl)cc24)CCC3)s1. The van der Waals surface area contributed by atoms with Gasteiger partial charge in [0, 0.05) is 27.2 Å². The van der Waals surface area contributed by atoms with E-state index in [1.54, 1.807) is 6.20 Å². The number of fused-ring (bicyclic) bond motifs is 2. The largest absolute Gasteiger partial charge is 0.298 e. The van der Waals surface area contributed by atoms with E-state index in [2.05, 4.69) is 10.3 Å². The zero-order chi connectivity index (χ0) is 16.0. The number of halogens is 1. The number of rotatable bonds is 2. The van der Waals surface area contributed by atoms with Crippen molar-refractivity contribution in [2.24, 2.45) is 0 Å². The Morgan fingerprint density at radius 3 is 3.00 bits per heavy atom. The van der Waals surface area contributed by atoms with Gasteiger partial charge in [0.1, 0.15) is 0 Å². The van der Waals surface area contributed by atoms with Crippen LogP contribution in [0.2, 0.25) is 5.02 Å². The summed E-state index contributed by atoms with van der Waals surface area (Å²) in [7, 11) is 0. The number of aryl methyl sites for hydroxylation is 2. The van der Waals surface area contributed by atoms with E-state index in [0.29, 0.717) is 15.7 Å². The summed E-state index contributed by atoms with van der Waals surface area (Å²) >= 11 is 7.61. The molecule has 0 atom stereocenters. The molecule has 2 aromatic heterocycles. The second-order valence-corrected chi connectivity index (χ2v) is 7.33. The number of benzene rings is 1. The first kappa shape index (κ1) is 14.6. The third-order valence-corrected chi connectivity index (χ3v) is 5.11. The Bertz CT molecular complexity index is 935. The molecule has 0 unspecified atom stereocenters. The molecule has 116 valence electrons. The van der Waals surface area contributed by atoms with E-state index in [-0.39, 0.29) is 5.91 Å². The van der Waals surface area contributed by atoms with Crippen molar-refractivity contribution in [3.8, 4) is 0 Å². The van der Waals surface area contributed by atoms with Gasteiger partial charge in [-0.25, -0.2) is 4.98 Å². The molecule has 1 N–H and O–H groups in total. The Hall–Kier alpha value is -1.98. The number of hydrogen-bond donors (Lipinski definition) is 1. The van der Waals surface area contributed by atoms with Crippen molar-refractivity contribution >= 4 is 44.9 Å². The second kappa shape index (κ2) is 5.58. The van der Waals surface area contributed by atoms with Crippen molar-refractivity contribution in [2.45, 2.75) is 26.2 Å². The summed E-state index contributed by atoms with van der Waals surface area (Å²) in [5.74, 6) is -0.132. The zero-order valence-electron chi connectivity index (χ0n) is 12.5. The minimum absolute atomic E-state index is 0.132. The number of anilines is 1. The number of nitrogens with zero attached hydrogens (tertiary/aromatic N) is 2. The Morgan fingerprint density at radius 2 is 2.22 bits per heavy atom. The highest BCUT2D eigenvalue weighted by Crippen LogP contribution is 2.32. The molecule has 3 aromatic rings. The van der Waals surface area contributed by atoms with Gasteiger partial charge in [0.2, 0.25) is 0 Å². The second-order valence-electron chi connectivity index (χ2n) is 5.66. The van der Waals surface area contributed by atoms with Gasteiger partial charge in [-0.3, -0.25) is 15.1 Å². The van der Waals surface area contributed by atoms with Crippen LogP contribution in [0.5, 0.6) is 0 Å². The number of carbonyl (C=O) groups is 1. The predicted molar refractivity (Wildman–Crippen MR) is 93.6 cm³/mol. The van der Waals surface area contributed by atoms with Crippen LogP contribution in [0.15, 0.2) is 24.4 Å². The average molecular weight is 344 g/mol. The topological polar surface area (TPSA) is 54.9 Å². The molecular formula is C17H14ClN3OS. The molecule has 1 aliphatic carbocycles. The van der Waals surface area contributed by atoms with Gasteiger partial charge in [0.05, 0.1) is 11.1 Å². The maximum Gasteiger partial charge on any atom is 0.258 e. The molecule has 0 saturated carbocycles. The fourth-order valence-corrected chi connectivity index (χ4v) is 3.90. The molecule has 1 amide bonds. The summed E-state index contributed by atoms with van der Waals surface area (Å²) in [4.78, 5) is 22.9. The molecule has 0 aliphatic heterocycles. The van der Waals surface area contributed by atoms with Crippen molar-refractivity contribution in [1.82, 2.24) is 9.97 Å². The lowest BCUT2D eigenvalue weighted by atomic mass is 10.0. The van der Waals surface area contributed by atoms with E-state index in [1.165, 1.54) is 11.3 Å². The lowest BCUT2D eigenvalue weighted by Gasteiger charge is -2.12. The molecule has 4 nitrogen and oxygen atoms in total. The van der Waals surface area contributed by atoms with Crippen LogP contribution in [-0.4, -0.2) is 15.9 Å². The van der Waals surface area contributed by atoms with Crippen LogP contribution in [0.3, 0.4) is 0 Å². The van der Waals surface area contributed by atoms with E-state index in [9.17, 15) is 4.79 Å². The van der Waals surface area contributed by atoms with Crippen LogP contribution < -0.4 is 5.32 Å². The first-order chi connectivity index (χ1) is 11.1. The fraction of sp³-hybridized carbons (Fsp3) is 0.235. The van der Waals surface area contributed by atoms with Crippen molar-refractivity contribution in [1.29, 1.82) is 0 Å². The molecule has 1 aromatic carbocycles. The van der Waals surface area contributed by atoms with Gasteiger partial charge >= 0.3 is 0 Å². The Morgan fingerprint density at radius 1 is 1.35 bits per heavy atom. The molecule has 1 aliphatic rings. The number of amides is 1. The van der Waals surface area contributed by atoms with Gasteiger partial charge in [-0.15, -0.1) is 11.3 Å². The number of nitrogens with one attached hydrogen (secondary N) is 1. The Labute approximate surface area is 142 Å². The zero-order valence-corrected chi connectivity index (χ0v) is 14.1. The van der Waals surface area contributed by atoms with Crippen LogP contribution in [0.4, 0.5) is 5.13 Å². The highest BCUT2D eigenvalue weighted by Gasteiger charge is 2.24. The monoisotopic (exact) mass is 343 g/mol. The van der Waals surface area contributed by atoms with Crippen molar-refractivity contribution < 1.29 is 4.79 Å². The molecule has 0 fully saturated rings. The molecule has 0 bridgehead atoms. The number of hydrogen-bond acceptors (Lipinski definition) is 4. The Kier molecular flexibility index (Phi) is 3.54. The van der Waals surface area contributed by atoms with Crippen LogP contribution in [0, 0.1) is 6.92 Å².